The van der Waals surface area contributed by atoms with E-state index in [2.05, 4.69) is 83.8 Å². The molecule has 210 valence electrons. The maximum absolute atomic E-state index is 14.4. The summed E-state index contributed by atoms with van der Waals surface area (Å²) >= 11 is 0. The van der Waals surface area contributed by atoms with Crippen LogP contribution in [-0.4, -0.2) is 0 Å². The maximum Gasteiger partial charge on any atom is 0.123 e. The summed E-state index contributed by atoms with van der Waals surface area (Å²) in [4.78, 5) is 2.25. The van der Waals surface area contributed by atoms with Crippen LogP contribution in [0.3, 0.4) is 0 Å². The molecule has 8 rings (SSSR count). The molecule has 0 fully saturated rings. The Morgan fingerprint density at radius 1 is 0.432 bits per heavy atom. The molecule has 0 aliphatic heterocycles. The second-order valence-electron chi connectivity index (χ2n) is 11.2. The Bertz CT molecular complexity index is 2030. The Labute approximate surface area is 255 Å². The van der Waals surface area contributed by atoms with Gasteiger partial charge in [-0.1, -0.05) is 103 Å². The molecule has 0 saturated carbocycles. The summed E-state index contributed by atoms with van der Waals surface area (Å²) in [6.45, 7) is 0. The summed E-state index contributed by atoms with van der Waals surface area (Å²) in [5.41, 5.74) is 8.50. The summed E-state index contributed by atoms with van der Waals surface area (Å²) in [5, 5.41) is 2.29. The number of rotatable bonds is 5. The van der Waals surface area contributed by atoms with Crippen LogP contribution in [0.5, 0.6) is 0 Å². The zero-order chi connectivity index (χ0) is 29.7. The van der Waals surface area contributed by atoms with E-state index in [4.69, 9.17) is 0 Å². The van der Waals surface area contributed by atoms with Crippen molar-refractivity contribution < 1.29 is 8.78 Å². The summed E-state index contributed by atoms with van der Waals surface area (Å²) in [7, 11) is 0. The summed E-state index contributed by atoms with van der Waals surface area (Å²) in [6.07, 6.45) is 0. The molecule has 1 aliphatic carbocycles. The van der Waals surface area contributed by atoms with Crippen LogP contribution in [-0.2, 0) is 5.41 Å². The van der Waals surface area contributed by atoms with Crippen molar-refractivity contribution in [2.45, 2.75) is 5.41 Å². The molecule has 44 heavy (non-hydrogen) atoms. The van der Waals surface area contributed by atoms with Gasteiger partial charge in [0, 0.05) is 17.1 Å². The number of hydrogen-bond acceptors (Lipinski definition) is 1. The topological polar surface area (TPSA) is 3.24 Å². The molecule has 0 spiro atoms. The average molecular weight is 572 g/mol. The van der Waals surface area contributed by atoms with Crippen LogP contribution in [0.4, 0.5) is 25.8 Å². The molecule has 0 amide bonds. The van der Waals surface area contributed by atoms with E-state index in [1.165, 1.54) is 24.3 Å². The highest BCUT2D eigenvalue weighted by Gasteiger charge is 2.47. The second-order valence-corrected chi connectivity index (χ2v) is 11.2. The lowest BCUT2D eigenvalue weighted by Gasteiger charge is -2.35. The number of para-hydroxylation sites is 2. The van der Waals surface area contributed by atoms with Gasteiger partial charge in [-0.25, -0.2) is 8.78 Å². The summed E-state index contributed by atoms with van der Waals surface area (Å²) < 4.78 is 28.9. The van der Waals surface area contributed by atoms with Gasteiger partial charge in [0.05, 0.1) is 5.41 Å². The fourth-order valence-corrected chi connectivity index (χ4v) is 7.01. The monoisotopic (exact) mass is 571 g/mol. The fourth-order valence-electron chi connectivity index (χ4n) is 7.01. The van der Waals surface area contributed by atoms with Crippen LogP contribution in [0.25, 0.3) is 21.9 Å². The summed E-state index contributed by atoms with van der Waals surface area (Å²) in [6, 6.07) is 53.6. The number of anilines is 3. The zero-order valence-electron chi connectivity index (χ0n) is 23.8. The highest BCUT2D eigenvalue weighted by molar-refractivity contribution is 6.04. The van der Waals surface area contributed by atoms with Crippen LogP contribution in [0, 0.1) is 11.6 Å². The van der Waals surface area contributed by atoms with E-state index >= 15 is 0 Å². The number of halogens is 2. The van der Waals surface area contributed by atoms with Gasteiger partial charge in [0.25, 0.3) is 0 Å². The standard InChI is InChI=1S/C41H27F2N/c42-31-20-16-29(17-21-31)41(30-18-22-32(43)23-19-30)38-26-15-28-9-7-8-14-36(28)40(38)37-25-24-35(27-39(37)41)44(33-10-3-1-4-11-33)34-12-5-2-6-13-34/h1-27H. The molecule has 7 aromatic carbocycles. The molecule has 0 aromatic heterocycles. The summed E-state index contributed by atoms with van der Waals surface area (Å²) in [5.74, 6) is -0.596. The minimum atomic E-state index is -0.814. The molecule has 0 unspecified atom stereocenters. The largest absolute Gasteiger partial charge is 0.310 e. The van der Waals surface area contributed by atoms with E-state index in [0.717, 1.165) is 61.2 Å². The van der Waals surface area contributed by atoms with E-state index in [1.54, 1.807) is 0 Å². The highest BCUT2D eigenvalue weighted by Crippen LogP contribution is 2.58. The number of fused-ring (bicyclic) bond motifs is 5. The Morgan fingerprint density at radius 2 is 0.977 bits per heavy atom. The first-order chi connectivity index (χ1) is 21.6. The van der Waals surface area contributed by atoms with Crippen molar-refractivity contribution in [2.75, 3.05) is 4.90 Å². The SMILES string of the molecule is Fc1ccc(C2(c3ccc(F)cc3)c3cc(N(c4ccccc4)c4ccccc4)ccc3-c3c2ccc2ccccc32)cc1. The predicted molar refractivity (Wildman–Crippen MR) is 176 cm³/mol. The van der Waals surface area contributed by atoms with E-state index in [9.17, 15) is 8.78 Å². The highest BCUT2D eigenvalue weighted by atomic mass is 19.1. The Hall–Kier alpha value is -5.54. The predicted octanol–water partition coefficient (Wildman–Crippen LogP) is 11.0. The van der Waals surface area contributed by atoms with Gasteiger partial charge in [-0.2, -0.15) is 0 Å². The molecule has 0 bridgehead atoms. The molecule has 0 radical (unpaired) electrons. The molecule has 1 aliphatic rings. The maximum atomic E-state index is 14.4. The molecular weight excluding hydrogens is 544 g/mol. The molecule has 0 heterocycles. The first-order valence-corrected chi connectivity index (χ1v) is 14.7. The van der Waals surface area contributed by atoms with E-state index in [-0.39, 0.29) is 11.6 Å². The molecule has 1 nitrogen and oxygen atoms in total. The van der Waals surface area contributed by atoms with Gasteiger partial charge in [0.1, 0.15) is 11.6 Å². The lowest BCUT2D eigenvalue weighted by Crippen LogP contribution is -2.29. The van der Waals surface area contributed by atoms with Crippen molar-refractivity contribution in [2.24, 2.45) is 0 Å². The first kappa shape index (κ1) is 26.1. The molecule has 0 atom stereocenters. The van der Waals surface area contributed by atoms with Gasteiger partial charge in [-0.15, -0.1) is 0 Å². The molecule has 3 heteroatoms. The van der Waals surface area contributed by atoms with Gasteiger partial charge in [0.2, 0.25) is 0 Å². The van der Waals surface area contributed by atoms with Crippen LogP contribution in [0.1, 0.15) is 22.3 Å². The zero-order valence-corrected chi connectivity index (χ0v) is 23.8. The van der Waals surface area contributed by atoms with Crippen molar-refractivity contribution in [3.8, 4) is 11.1 Å². The van der Waals surface area contributed by atoms with Crippen LogP contribution >= 0.6 is 0 Å². The van der Waals surface area contributed by atoms with E-state index in [0.29, 0.717) is 0 Å². The number of benzene rings is 7. The quantitative estimate of drug-likeness (QED) is 0.199. The molecular formula is C41H27F2N. The number of nitrogens with zero attached hydrogens (tertiary/aromatic N) is 1. The van der Waals surface area contributed by atoms with Gasteiger partial charge in [0.15, 0.2) is 0 Å². The van der Waals surface area contributed by atoms with Gasteiger partial charge < -0.3 is 4.90 Å². The smallest absolute Gasteiger partial charge is 0.123 e. The van der Waals surface area contributed by atoms with Crippen LogP contribution in [0.15, 0.2) is 164 Å². The normalized spacial score (nSPS) is 13.0. The third kappa shape index (κ3) is 3.97. The van der Waals surface area contributed by atoms with Crippen molar-refractivity contribution >= 4 is 27.8 Å². The average Bonchev–Trinajstić information content (AvgIpc) is 3.37. The van der Waals surface area contributed by atoms with Crippen LogP contribution in [0.2, 0.25) is 0 Å². The Balaban J connectivity index is 1.50. The van der Waals surface area contributed by atoms with Gasteiger partial charge >= 0.3 is 0 Å². The van der Waals surface area contributed by atoms with Crippen molar-refractivity contribution in [3.05, 3.63) is 198 Å². The van der Waals surface area contributed by atoms with Crippen molar-refractivity contribution in [1.29, 1.82) is 0 Å². The third-order valence-corrected chi connectivity index (χ3v) is 8.85. The van der Waals surface area contributed by atoms with Crippen molar-refractivity contribution in [1.82, 2.24) is 0 Å². The molecule has 0 N–H and O–H groups in total. The lowest BCUT2D eigenvalue weighted by molar-refractivity contribution is 0.622. The van der Waals surface area contributed by atoms with Gasteiger partial charge in [-0.05, 0) is 105 Å². The first-order valence-electron chi connectivity index (χ1n) is 14.7. The van der Waals surface area contributed by atoms with E-state index < -0.39 is 5.41 Å². The minimum absolute atomic E-state index is 0.298. The van der Waals surface area contributed by atoms with E-state index in [1.807, 2.05) is 60.7 Å². The minimum Gasteiger partial charge on any atom is -0.310 e. The molecule has 0 saturated heterocycles. The Kier molecular flexibility index (Phi) is 6.13. The van der Waals surface area contributed by atoms with Crippen LogP contribution < -0.4 is 4.90 Å². The fraction of sp³-hybridized carbons (Fsp3) is 0.0244. The lowest BCUT2D eigenvalue weighted by atomic mass is 9.67. The third-order valence-electron chi connectivity index (χ3n) is 8.85. The second kappa shape index (κ2) is 10.3. The number of hydrogen-bond donors (Lipinski definition) is 0. The Morgan fingerprint density at radius 3 is 1.57 bits per heavy atom. The van der Waals surface area contributed by atoms with Crippen molar-refractivity contribution in [3.63, 3.8) is 0 Å². The molecule has 7 aromatic rings. The van der Waals surface area contributed by atoms with Gasteiger partial charge in [-0.3, -0.25) is 0 Å².